The molecule has 82 valence electrons. The Morgan fingerprint density at radius 2 is 1.94 bits per heavy atom. The molecule has 2 nitrogen and oxygen atoms in total. The second-order valence-corrected chi connectivity index (χ2v) is 5.20. The fraction of sp³-hybridized carbons (Fsp3) is 0.308. The summed E-state index contributed by atoms with van der Waals surface area (Å²) in [7, 11) is 0. The molecule has 16 heavy (non-hydrogen) atoms. The van der Waals surface area contributed by atoms with Gasteiger partial charge in [0.1, 0.15) is 10.8 Å². The Kier molecular flexibility index (Phi) is 2.40. The van der Waals surface area contributed by atoms with Gasteiger partial charge in [0.25, 0.3) is 0 Å². The van der Waals surface area contributed by atoms with Gasteiger partial charge in [0.15, 0.2) is 0 Å². The number of rotatable bonds is 1. The van der Waals surface area contributed by atoms with Crippen LogP contribution in [0.1, 0.15) is 23.4 Å². The van der Waals surface area contributed by atoms with Gasteiger partial charge in [-0.15, -0.1) is 11.3 Å². The summed E-state index contributed by atoms with van der Waals surface area (Å²) in [6.07, 6.45) is 4.77. The quantitative estimate of drug-likeness (QED) is 0.816. The summed E-state index contributed by atoms with van der Waals surface area (Å²) in [6, 6.07) is 7.43. The zero-order valence-electron chi connectivity index (χ0n) is 8.94. The van der Waals surface area contributed by atoms with Crippen LogP contribution in [0.4, 0.5) is 0 Å². The number of para-hydroxylation sites is 1. The summed E-state index contributed by atoms with van der Waals surface area (Å²) in [5, 5.41) is 10.8. The minimum absolute atomic E-state index is 0.327. The van der Waals surface area contributed by atoms with Crippen molar-refractivity contribution >= 4 is 11.3 Å². The third-order valence-electron chi connectivity index (χ3n) is 2.98. The first-order valence-corrected chi connectivity index (χ1v) is 6.43. The van der Waals surface area contributed by atoms with Crippen molar-refractivity contribution in [1.82, 2.24) is 4.98 Å². The van der Waals surface area contributed by atoms with Crippen molar-refractivity contribution in [2.24, 2.45) is 0 Å². The number of benzene rings is 1. The number of aryl methyl sites for hydroxylation is 2. The van der Waals surface area contributed by atoms with Gasteiger partial charge in [-0.3, -0.25) is 0 Å². The summed E-state index contributed by atoms with van der Waals surface area (Å²) in [5.41, 5.74) is 2.11. The molecule has 0 aliphatic heterocycles. The van der Waals surface area contributed by atoms with Crippen molar-refractivity contribution < 1.29 is 5.11 Å². The largest absolute Gasteiger partial charge is 0.507 e. The Morgan fingerprint density at radius 3 is 2.75 bits per heavy atom. The zero-order chi connectivity index (χ0) is 11.0. The molecule has 0 saturated heterocycles. The molecule has 0 unspecified atom stereocenters. The Balaban J connectivity index is 2.07. The predicted molar refractivity (Wildman–Crippen MR) is 65.9 cm³/mol. The molecule has 3 heteroatoms. The van der Waals surface area contributed by atoms with Crippen LogP contribution in [0, 0.1) is 0 Å². The van der Waals surface area contributed by atoms with Gasteiger partial charge in [0.2, 0.25) is 0 Å². The Bertz CT molecular complexity index is 495. The van der Waals surface area contributed by atoms with E-state index in [9.17, 15) is 5.11 Å². The van der Waals surface area contributed by atoms with E-state index in [-0.39, 0.29) is 0 Å². The molecule has 1 N–H and O–H groups in total. The van der Waals surface area contributed by atoms with Crippen LogP contribution in [0.3, 0.4) is 0 Å². The first kappa shape index (κ1) is 9.85. The van der Waals surface area contributed by atoms with E-state index >= 15 is 0 Å². The maximum Gasteiger partial charge on any atom is 0.127 e. The fourth-order valence-corrected chi connectivity index (χ4v) is 3.31. The summed E-state index contributed by atoms with van der Waals surface area (Å²) < 4.78 is 0. The number of aromatic hydroxyl groups is 1. The van der Waals surface area contributed by atoms with E-state index in [2.05, 4.69) is 4.98 Å². The molecule has 1 aliphatic carbocycles. The van der Waals surface area contributed by atoms with E-state index in [4.69, 9.17) is 0 Å². The van der Waals surface area contributed by atoms with Crippen LogP contribution in [-0.4, -0.2) is 10.1 Å². The lowest BCUT2D eigenvalue weighted by Gasteiger charge is -2.06. The number of hydrogen-bond donors (Lipinski definition) is 1. The summed E-state index contributed by atoms with van der Waals surface area (Å²) >= 11 is 1.73. The molecule has 2 aromatic rings. The molecular weight excluding hydrogens is 218 g/mol. The van der Waals surface area contributed by atoms with Crippen molar-refractivity contribution in [3.8, 4) is 16.3 Å². The van der Waals surface area contributed by atoms with Crippen LogP contribution >= 0.6 is 11.3 Å². The number of hydrogen-bond acceptors (Lipinski definition) is 3. The molecule has 0 radical (unpaired) electrons. The summed E-state index contributed by atoms with van der Waals surface area (Å²) in [6.45, 7) is 0. The third kappa shape index (κ3) is 1.61. The average molecular weight is 231 g/mol. The molecule has 0 amide bonds. The highest BCUT2D eigenvalue weighted by atomic mass is 32.1. The number of phenols is 1. The van der Waals surface area contributed by atoms with Crippen LogP contribution in [0.5, 0.6) is 5.75 Å². The lowest BCUT2D eigenvalue weighted by Crippen LogP contribution is -1.98. The highest BCUT2D eigenvalue weighted by Crippen LogP contribution is 2.36. The van der Waals surface area contributed by atoms with E-state index in [1.165, 1.54) is 23.4 Å². The van der Waals surface area contributed by atoms with Gasteiger partial charge in [-0.1, -0.05) is 12.1 Å². The lowest BCUT2D eigenvalue weighted by atomic mass is 10.0. The van der Waals surface area contributed by atoms with E-state index in [1.54, 1.807) is 17.4 Å². The van der Waals surface area contributed by atoms with Gasteiger partial charge in [0, 0.05) is 4.88 Å². The first-order valence-electron chi connectivity index (χ1n) is 5.61. The highest BCUT2D eigenvalue weighted by molar-refractivity contribution is 7.15. The van der Waals surface area contributed by atoms with Crippen LogP contribution in [0.2, 0.25) is 0 Å². The maximum absolute atomic E-state index is 9.79. The predicted octanol–water partition coefficient (Wildman–Crippen LogP) is 3.39. The number of nitrogens with zero attached hydrogens (tertiary/aromatic N) is 1. The topological polar surface area (TPSA) is 33.1 Å². The Labute approximate surface area is 98.6 Å². The fourth-order valence-electron chi connectivity index (χ4n) is 2.12. The first-order chi connectivity index (χ1) is 7.84. The van der Waals surface area contributed by atoms with Crippen molar-refractivity contribution in [3.05, 3.63) is 34.8 Å². The van der Waals surface area contributed by atoms with Gasteiger partial charge in [0.05, 0.1) is 11.3 Å². The van der Waals surface area contributed by atoms with Crippen molar-refractivity contribution in [2.45, 2.75) is 25.7 Å². The second kappa shape index (κ2) is 3.91. The number of phenolic OH excluding ortho intramolecular Hbond substituents is 1. The molecule has 0 spiro atoms. The molecule has 1 aromatic heterocycles. The summed E-state index contributed by atoms with van der Waals surface area (Å²) in [5.74, 6) is 0.327. The van der Waals surface area contributed by atoms with Gasteiger partial charge in [-0.25, -0.2) is 4.98 Å². The third-order valence-corrected chi connectivity index (χ3v) is 4.17. The summed E-state index contributed by atoms with van der Waals surface area (Å²) in [4.78, 5) is 6.05. The molecule has 0 saturated carbocycles. The number of thiazole rings is 1. The van der Waals surface area contributed by atoms with Gasteiger partial charge in [-0.05, 0) is 37.8 Å². The van der Waals surface area contributed by atoms with Gasteiger partial charge >= 0.3 is 0 Å². The van der Waals surface area contributed by atoms with Crippen LogP contribution < -0.4 is 0 Å². The molecule has 1 heterocycles. The van der Waals surface area contributed by atoms with Gasteiger partial charge in [-0.2, -0.15) is 0 Å². The lowest BCUT2D eigenvalue weighted by molar-refractivity contribution is 0.477. The number of fused-ring (bicyclic) bond motifs is 1. The van der Waals surface area contributed by atoms with Crippen molar-refractivity contribution in [1.29, 1.82) is 0 Å². The maximum atomic E-state index is 9.79. The van der Waals surface area contributed by atoms with Crippen molar-refractivity contribution in [2.75, 3.05) is 0 Å². The molecule has 0 atom stereocenters. The minimum atomic E-state index is 0.327. The monoisotopic (exact) mass is 231 g/mol. The number of aromatic nitrogens is 1. The Morgan fingerprint density at radius 1 is 1.12 bits per heavy atom. The van der Waals surface area contributed by atoms with E-state index < -0.39 is 0 Å². The molecule has 1 aromatic carbocycles. The zero-order valence-corrected chi connectivity index (χ0v) is 9.76. The Hall–Kier alpha value is -1.35. The van der Waals surface area contributed by atoms with Gasteiger partial charge < -0.3 is 5.11 Å². The van der Waals surface area contributed by atoms with E-state index in [1.807, 2.05) is 18.2 Å². The average Bonchev–Trinajstić information content (AvgIpc) is 2.73. The molecule has 3 rings (SSSR count). The highest BCUT2D eigenvalue weighted by Gasteiger charge is 2.17. The molecule has 0 fully saturated rings. The van der Waals surface area contributed by atoms with E-state index in [0.717, 1.165) is 23.4 Å². The molecule has 1 aliphatic rings. The van der Waals surface area contributed by atoms with Crippen LogP contribution in [0.15, 0.2) is 24.3 Å². The normalized spacial score (nSPS) is 14.8. The minimum Gasteiger partial charge on any atom is -0.507 e. The van der Waals surface area contributed by atoms with Crippen LogP contribution in [-0.2, 0) is 12.8 Å². The second-order valence-electron chi connectivity index (χ2n) is 4.11. The smallest absolute Gasteiger partial charge is 0.127 e. The molecular formula is C13H13NOS. The SMILES string of the molecule is Oc1ccccc1-c1nc2c(s1)CCCC2. The van der Waals surface area contributed by atoms with Crippen molar-refractivity contribution in [3.63, 3.8) is 0 Å². The van der Waals surface area contributed by atoms with E-state index in [0.29, 0.717) is 5.75 Å². The standard InChI is InChI=1S/C13H13NOS/c15-11-7-3-1-5-9(11)13-14-10-6-2-4-8-12(10)16-13/h1,3,5,7,15H,2,4,6,8H2. The van der Waals surface area contributed by atoms with Crippen LogP contribution in [0.25, 0.3) is 10.6 Å². The molecule has 0 bridgehead atoms.